The molecule has 2 aromatic carbocycles. The Morgan fingerprint density at radius 3 is 2.15 bits per heavy atom. The monoisotopic (exact) mass is 343 g/mol. The molecule has 1 amide bonds. The standard InChI is InChI=1S/C22H21N3O/c23-16-21-6-3-15-25(21)22(26)19-11-7-17(8-12-19)4-1-2-5-18-9-13-20(24)14-10-18/h7-14,21H,3,6,15-16,23-24H2/t21-/m0/s1. The normalized spacial score (nSPS) is 15.6. The summed E-state index contributed by atoms with van der Waals surface area (Å²) in [4.78, 5) is 14.4. The van der Waals surface area contributed by atoms with E-state index in [0.29, 0.717) is 17.8 Å². The minimum Gasteiger partial charge on any atom is -0.399 e. The Balaban J connectivity index is 1.65. The van der Waals surface area contributed by atoms with Gasteiger partial charge in [-0.15, -0.1) is 0 Å². The Morgan fingerprint density at radius 2 is 1.58 bits per heavy atom. The third-order valence-corrected chi connectivity index (χ3v) is 4.43. The van der Waals surface area contributed by atoms with Crippen LogP contribution >= 0.6 is 0 Å². The van der Waals surface area contributed by atoms with E-state index in [1.54, 1.807) is 0 Å². The molecule has 4 nitrogen and oxygen atoms in total. The molecular weight excluding hydrogens is 322 g/mol. The Bertz CT molecular complexity index is 893. The number of carbonyl (C=O) groups excluding carboxylic acids is 1. The van der Waals surface area contributed by atoms with E-state index >= 15 is 0 Å². The fourth-order valence-corrected chi connectivity index (χ4v) is 2.98. The number of nitrogens with zero attached hydrogens (tertiary/aromatic N) is 1. The van der Waals surface area contributed by atoms with Crippen molar-refractivity contribution in [3.63, 3.8) is 0 Å². The second kappa shape index (κ2) is 8.25. The van der Waals surface area contributed by atoms with E-state index in [1.165, 1.54) is 0 Å². The average molecular weight is 343 g/mol. The lowest BCUT2D eigenvalue weighted by molar-refractivity contribution is 0.0741. The van der Waals surface area contributed by atoms with E-state index in [-0.39, 0.29) is 11.9 Å². The maximum atomic E-state index is 12.6. The van der Waals surface area contributed by atoms with Crippen LogP contribution in [0.5, 0.6) is 0 Å². The van der Waals surface area contributed by atoms with Gasteiger partial charge in [0.15, 0.2) is 0 Å². The van der Waals surface area contributed by atoms with Gasteiger partial charge in [-0.3, -0.25) is 4.79 Å². The van der Waals surface area contributed by atoms with Crippen molar-refractivity contribution in [1.82, 2.24) is 4.90 Å². The summed E-state index contributed by atoms with van der Waals surface area (Å²) in [6, 6.07) is 14.8. The summed E-state index contributed by atoms with van der Waals surface area (Å²) in [5.74, 6) is 11.7. The van der Waals surface area contributed by atoms with E-state index in [9.17, 15) is 4.79 Å². The predicted octanol–water partition coefficient (Wildman–Crippen LogP) is 2.24. The van der Waals surface area contributed by atoms with Crippen LogP contribution in [0.2, 0.25) is 0 Å². The molecule has 1 fully saturated rings. The maximum absolute atomic E-state index is 12.6. The summed E-state index contributed by atoms with van der Waals surface area (Å²) in [6.45, 7) is 1.30. The molecule has 0 aromatic heterocycles. The molecule has 4 heteroatoms. The van der Waals surface area contributed by atoms with E-state index in [2.05, 4.69) is 23.7 Å². The van der Waals surface area contributed by atoms with Crippen LogP contribution in [0.15, 0.2) is 48.5 Å². The van der Waals surface area contributed by atoms with Gasteiger partial charge >= 0.3 is 0 Å². The summed E-state index contributed by atoms with van der Waals surface area (Å²) >= 11 is 0. The first-order valence-corrected chi connectivity index (χ1v) is 8.66. The van der Waals surface area contributed by atoms with Crippen molar-refractivity contribution < 1.29 is 4.79 Å². The maximum Gasteiger partial charge on any atom is 0.254 e. The third kappa shape index (κ3) is 4.25. The van der Waals surface area contributed by atoms with Crippen molar-refractivity contribution in [1.29, 1.82) is 0 Å². The smallest absolute Gasteiger partial charge is 0.254 e. The molecule has 0 saturated carbocycles. The second-order valence-electron chi connectivity index (χ2n) is 6.23. The summed E-state index contributed by atoms with van der Waals surface area (Å²) in [7, 11) is 0. The quantitative estimate of drug-likeness (QED) is 0.649. The summed E-state index contributed by atoms with van der Waals surface area (Å²) in [5, 5.41) is 0. The zero-order valence-corrected chi connectivity index (χ0v) is 14.5. The highest BCUT2D eigenvalue weighted by Crippen LogP contribution is 2.19. The Morgan fingerprint density at radius 1 is 1.00 bits per heavy atom. The van der Waals surface area contributed by atoms with Gasteiger partial charge in [0.1, 0.15) is 0 Å². The van der Waals surface area contributed by atoms with Crippen molar-refractivity contribution >= 4 is 11.6 Å². The Labute approximate surface area is 154 Å². The highest BCUT2D eigenvalue weighted by atomic mass is 16.2. The largest absolute Gasteiger partial charge is 0.399 e. The summed E-state index contributed by atoms with van der Waals surface area (Å²) in [6.07, 6.45) is 2.00. The molecule has 1 aliphatic rings. The molecular formula is C22H21N3O. The van der Waals surface area contributed by atoms with Gasteiger partial charge in [0.05, 0.1) is 0 Å². The number of likely N-dealkylation sites (tertiary alicyclic amines) is 1. The van der Waals surface area contributed by atoms with Gasteiger partial charge in [-0.2, -0.15) is 0 Å². The van der Waals surface area contributed by atoms with Crippen molar-refractivity contribution in [3.05, 3.63) is 65.2 Å². The van der Waals surface area contributed by atoms with Crippen molar-refractivity contribution in [2.45, 2.75) is 18.9 Å². The second-order valence-corrected chi connectivity index (χ2v) is 6.23. The summed E-state index contributed by atoms with van der Waals surface area (Å²) < 4.78 is 0. The van der Waals surface area contributed by atoms with Crippen molar-refractivity contribution in [2.24, 2.45) is 5.73 Å². The number of hydrogen-bond acceptors (Lipinski definition) is 3. The minimum atomic E-state index is 0.0422. The highest BCUT2D eigenvalue weighted by Gasteiger charge is 2.28. The van der Waals surface area contributed by atoms with Crippen LogP contribution in [0.25, 0.3) is 0 Å². The van der Waals surface area contributed by atoms with E-state index in [1.807, 2.05) is 53.4 Å². The molecule has 3 rings (SSSR count). The van der Waals surface area contributed by atoms with Crippen LogP contribution in [-0.2, 0) is 0 Å². The minimum absolute atomic E-state index is 0.0422. The first kappa shape index (κ1) is 17.6. The van der Waals surface area contributed by atoms with Gasteiger partial charge in [-0.1, -0.05) is 11.8 Å². The molecule has 1 saturated heterocycles. The first-order chi connectivity index (χ1) is 12.7. The first-order valence-electron chi connectivity index (χ1n) is 8.66. The van der Waals surface area contributed by atoms with E-state index in [4.69, 9.17) is 11.5 Å². The molecule has 4 N–H and O–H groups in total. The predicted molar refractivity (Wildman–Crippen MR) is 104 cm³/mol. The molecule has 0 unspecified atom stereocenters. The topological polar surface area (TPSA) is 72.3 Å². The molecule has 130 valence electrons. The van der Waals surface area contributed by atoms with Crippen LogP contribution in [-0.4, -0.2) is 29.9 Å². The molecule has 0 spiro atoms. The van der Waals surface area contributed by atoms with Gasteiger partial charge in [0, 0.05) is 41.5 Å². The van der Waals surface area contributed by atoms with Crippen LogP contribution in [0.3, 0.4) is 0 Å². The SMILES string of the molecule is NC[C@@H]1CCCN1C(=O)c1ccc(C#CC#Cc2ccc(N)cc2)cc1. The van der Waals surface area contributed by atoms with E-state index < -0.39 is 0 Å². The van der Waals surface area contributed by atoms with Crippen LogP contribution in [0, 0.1) is 23.7 Å². The molecule has 0 radical (unpaired) electrons. The van der Waals surface area contributed by atoms with E-state index in [0.717, 1.165) is 30.5 Å². The van der Waals surface area contributed by atoms with Crippen LogP contribution in [0.1, 0.15) is 34.3 Å². The molecule has 2 aromatic rings. The average Bonchev–Trinajstić information content (AvgIpc) is 3.15. The Kier molecular flexibility index (Phi) is 5.59. The number of hydrogen-bond donors (Lipinski definition) is 2. The van der Waals surface area contributed by atoms with Gasteiger partial charge in [0.25, 0.3) is 5.91 Å². The third-order valence-electron chi connectivity index (χ3n) is 4.43. The van der Waals surface area contributed by atoms with Gasteiger partial charge in [0.2, 0.25) is 0 Å². The number of nitrogen functional groups attached to an aromatic ring is 1. The Hall–Kier alpha value is -3.21. The zero-order valence-electron chi connectivity index (χ0n) is 14.5. The molecule has 0 bridgehead atoms. The van der Waals surface area contributed by atoms with Crippen molar-refractivity contribution in [2.75, 3.05) is 18.8 Å². The zero-order chi connectivity index (χ0) is 18.4. The lowest BCUT2D eigenvalue weighted by Gasteiger charge is -2.23. The van der Waals surface area contributed by atoms with Crippen LogP contribution < -0.4 is 11.5 Å². The molecule has 1 atom stereocenters. The fraction of sp³-hybridized carbons (Fsp3) is 0.227. The highest BCUT2D eigenvalue weighted by molar-refractivity contribution is 5.94. The molecule has 1 heterocycles. The summed E-state index contributed by atoms with van der Waals surface area (Å²) in [5.41, 5.74) is 14.5. The number of benzene rings is 2. The lowest BCUT2D eigenvalue weighted by Crippen LogP contribution is -2.39. The van der Waals surface area contributed by atoms with Gasteiger partial charge < -0.3 is 16.4 Å². The number of nitrogens with two attached hydrogens (primary N) is 2. The number of amides is 1. The lowest BCUT2D eigenvalue weighted by atomic mass is 10.1. The molecule has 1 aliphatic heterocycles. The van der Waals surface area contributed by atoms with Crippen LogP contribution in [0.4, 0.5) is 5.69 Å². The number of anilines is 1. The number of carbonyl (C=O) groups is 1. The fourth-order valence-electron chi connectivity index (χ4n) is 2.98. The molecule has 0 aliphatic carbocycles. The van der Waals surface area contributed by atoms with Gasteiger partial charge in [-0.25, -0.2) is 0 Å². The van der Waals surface area contributed by atoms with Crippen molar-refractivity contribution in [3.8, 4) is 23.7 Å². The number of rotatable bonds is 2. The molecule has 26 heavy (non-hydrogen) atoms. The van der Waals surface area contributed by atoms with Gasteiger partial charge in [-0.05, 0) is 73.2 Å².